The van der Waals surface area contributed by atoms with E-state index in [4.69, 9.17) is 11.6 Å². The Morgan fingerprint density at radius 1 is 1.13 bits per heavy atom. The summed E-state index contributed by atoms with van der Waals surface area (Å²) in [5, 5.41) is 6.85. The predicted molar refractivity (Wildman–Crippen MR) is 94.9 cm³/mol. The first kappa shape index (κ1) is 17.3. The van der Waals surface area contributed by atoms with Gasteiger partial charge in [-0.1, -0.05) is 43.5 Å². The highest BCUT2D eigenvalue weighted by molar-refractivity contribution is 6.30. The van der Waals surface area contributed by atoms with Crippen molar-refractivity contribution < 1.29 is 4.79 Å². The van der Waals surface area contributed by atoms with Crippen molar-refractivity contribution in [2.75, 3.05) is 11.9 Å². The molecule has 1 aromatic heterocycles. The van der Waals surface area contributed by atoms with Gasteiger partial charge in [0.15, 0.2) is 0 Å². The minimum absolute atomic E-state index is 0.0714. The van der Waals surface area contributed by atoms with Gasteiger partial charge < -0.3 is 10.6 Å². The molecular formula is C18H22ClN3O. The van der Waals surface area contributed by atoms with Crippen LogP contribution in [0, 0.1) is 0 Å². The van der Waals surface area contributed by atoms with E-state index in [1.54, 1.807) is 12.3 Å². The first-order valence-electron chi connectivity index (χ1n) is 7.91. The summed E-state index contributed by atoms with van der Waals surface area (Å²) < 4.78 is 0. The monoisotopic (exact) mass is 331 g/mol. The van der Waals surface area contributed by atoms with E-state index < -0.39 is 0 Å². The molecular weight excluding hydrogens is 310 g/mol. The molecule has 2 rings (SSSR count). The molecule has 122 valence electrons. The van der Waals surface area contributed by atoms with Crippen LogP contribution in [0.5, 0.6) is 0 Å². The minimum atomic E-state index is -0.0714. The largest absolute Gasteiger partial charge is 0.366 e. The Balaban J connectivity index is 1.81. The van der Waals surface area contributed by atoms with Gasteiger partial charge in [0.05, 0.1) is 5.56 Å². The lowest BCUT2D eigenvalue weighted by atomic mass is 10.2. The number of hydrogen-bond acceptors (Lipinski definition) is 3. The second-order valence-electron chi connectivity index (χ2n) is 5.38. The number of nitrogens with one attached hydrogen (secondary N) is 2. The van der Waals surface area contributed by atoms with E-state index in [9.17, 15) is 4.79 Å². The van der Waals surface area contributed by atoms with Gasteiger partial charge in [-0.25, -0.2) is 4.98 Å². The zero-order chi connectivity index (χ0) is 16.5. The summed E-state index contributed by atoms with van der Waals surface area (Å²) in [5.41, 5.74) is 1.70. The van der Waals surface area contributed by atoms with Gasteiger partial charge in [0, 0.05) is 24.3 Å². The van der Waals surface area contributed by atoms with E-state index in [0.717, 1.165) is 35.7 Å². The number of carbonyl (C=O) groups excluding carboxylic acids is 1. The molecule has 2 aromatic rings. The van der Waals surface area contributed by atoms with Crippen molar-refractivity contribution in [2.45, 2.75) is 32.7 Å². The van der Waals surface area contributed by atoms with E-state index in [1.165, 1.54) is 0 Å². The van der Waals surface area contributed by atoms with Crippen molar-refractivity contribution in [2.24, 2.45) is 0 Å². The van der Waals surface area contributed by atoms with E-state index in [2.05, 4.69) is 22.5 Å². The van der Waals surface area contributed by atoms with E-state index in [1.807, 2.05) is 30.3 Å². The Morgan fingerprint density at radius 2 is 1.91 bits per heavy atom. The molecule has 1 heterocycles. The van der Waals surface area contributed by atoms with Crippen molar-refractivity contribution in [3.05, 3.63) is 58.7 Å². The third kappa shape index (κ3) is 5.91. The molecule has 23 heavy (non-hydrogen) atoms. The van der Waals surface area contributed by atoms with Crippen molar-refractivity contribution >= 4 is 23.3 Å². The number of unbranched alkanes of at least 4 members (excludes halogenated alkanes) is 2. The van der Waals surface area contributed by atoms with Crippen molar-refractivity contribution in [3.8, 4) is 0 Å². The average molecular weight is 332 g/mol. The fourth-order valence-electron chi connectivity index (χ4n) is 2.11. The van der Waals surface area contributed by atoms with Gasteiger partial charge in [-0.15, -0.1) is 0 Å². The number of nitrogens with zero attached hydrogens (tertiary/aromatic N) is 1. The molecule has 0 bridgehead atoms. The van der Waals surface area contributed by atoms with Gasteiger partial charge in [0.25, 0.3) is 5.91 Å². The molecule has 0 radical (unpaired) electrons. The summed E-state index contributed by atoms with van der Waals surface area (Å²) in [5.74, 6) is 0.667. The lowest BCUT2D eigenvalue weighted by Gasteiger charge is -2.07. The van der Waals surface area contributed by atoms with Crippen LogP contribution in [0.4, 0.5) is 5.82 Å². The van der Waals surface area contributed by atoms with Gasteiger partial charge in [0.1, 0.15) is 5.82 Å². The number of anilines is 1. The predicted octanol–water partition coefficient (Wildman–Crippen LogP) is 4.27. The molecule has 1 amide bonds. The van der Waals surface area contributed by atoms with E-state index >= 15 is 0 Å². The first-order chi connectivity index (χ1) is 11.2. The summed E-state index contributed by atoms with van der Waals surface area (Å²) in [7, 11) is 0. The highest BCUT2D eigenvalue weighted by Gasteiger charge is 2.05. The van der Waals surface area contributed by atoms with Crippen LogP contribution in [-0.2, 0) is 6.54 Å². The molecule has 4 nitrogen and oxygen atoms in total. The van der Waals surface area contributed by atoms with Gasteiger partial charge in [-0.05, 0) is 36.2 Å². The molecule has 0 aliphatic heterocycles. The summed E-state index contributed by atoms with van der Waals surface area (Å²) in [6.45, 7) is 3.51. The van der Waals surface area contributed by atoms with E-state index in [0.29, 0.717) is 18.7 Å². The quantitative estimate of drug-likeness (QED) is 0.710. The zero-order valence-electron chi connectivity index (χ0n) is 13.3. The normalized spacial score (nSPS) is 10.3. The summed E-state index contributed by atoms with van der Waals surface area (Å²) in [6, 6.07) is 11.3. The second kappa shape index (κ2) is 9.16. The van der Waals surface area contributed by atoms with Gasteiger partial charge in [-0.2, -0.15) is 0 Å². The smallest absolute Gasteiger partial charge is 0.252 e. The fraction of sp³-hybridized carbons (Fsp3) is 0.333. The number of aromatic nitrogens is 1. The molecule has 0 saturated heterocycles. The van der Waals surface area contributed by atoms with Crippen LogP contribution in [0.3, 0.4) is 0 Å². The van der Waals surface area contributed by atoms with Crippen LogP contribution in [0.1, 0.15) is 42.1 Å². The highest BCUT2D eigenvalue weighted by atomic mass is 35.5. The van der Waals surface area contributed by atoms with Crippen molar-refractivity contribution in [3.63, 3.8) is 0 Å². The van der Waals surface area contributed by atoms with Crippen LogP contribution in [-0.4, -0.2) is 17.4 Å². The third-order valence-corrected chi connectivity index (χ3v) is 3.73. The van der Waals surface area contributed by atoms with Crippen LogP contribution >= 0.6 is 11.6 Å². The lowest BCUT2D eigenvalue weighted by Crippen LogP contribution is -2.24. The summed E-state index contributed by atoms with van der Waals surface area (Å²) in [4.78, 5) is 16.2. The Labute approximate surface area is 142 Å². The topological polar surface area (TPSA) is 54.0 Å². The van der Waals surface area contributed by atoms with Crippen LogP contribution < -0.4 is 10.6 Å². The average Bonchev–Trinajstić information content (AvgIpc) is 2.58. The number of rotatable bonds is 8. The standard InChI is InChI=1S/C18H22ClN3O/c1-2-3-4-11-20-18(23)15-7-10-17(22-13-15)21-12-14-5-8-16(19)9-6-14/h5-10,13H,2-4,11-12H2,1H3,(H,20,23)(H,21,22). The first-order valence-corrected chi connectivity index (χ1v) is 8.29. The van der Waals surface area contributed by atoms with Gasteiger partial charge in [-0.3, -0.25) is 4.79 Å². The summed E-state index contributed by atoms with van der Waals surface area (Å²) in [6.07, 6.45) is 4.88. The molecule has 2 N–H and O–H groups in total. The molecule has 0 spiro atoms. The maximum absolute atomic E-state index is 11.9. The molecule has 5 heteroatoms. The van der Waals surface area contributed by atoms with Crippen LogP contribution in [0.2, 0.25) is 5.02 Å². The van der Waals surface area contributed by atoms with Crippen LogP contribution in [0.25, 0.3) is 0 Å². The minimum Gasteiger partial charge on any atom is -0.366 e. The third-order valence-electron chi connectivity index (χ3n) is 3.48. The Hall–Kier alpha value is -2.07. The molecule has 0 aliphatic rings. The summed E-state index contributed by atoms with van der Waals surface area (Å²) >= 11 is 5.86. The Morgan fingerprint density at radius 3 is 2.57 bits per heavy atom. The second-order valence-corrected chi connectivity index (χ2v) is 5.81. The molecule has 1 aromatic carbocycles. The number of carbonyl (C=O) groups is 1. The van der Waals surface area contributed by atoms with Crippen LogP contribution in [0.15, 0.2) is 42.6 Å². The molecule has 0 atom stereocenters. The Bertz CT molecular complexity index is 611. The van der Waals surface area contributed by atoms with Gasteiger partial charge >= 0.3 is 0 Å². The highest BCUT2D eigenvalue weighted by Crippen LogP contribution is 2.11. The van der Waals surface area contributed by atoms with Crippen molar-refractivity contribution in [1.29, 1.82) is 0 Å². The number of pyridine rings is 1. The van der Waals surface area contributed by atoms with Gasteiger partial charge in [0.2, 0.25) is 0 Å². The maximum Gasteiger partial charge on any atom is 0.252 e. The molecule has 0 aliphatic carbocycles. The number of amides is 1. The maximum atomic E-state index is 11.9. The molecule has 0 unspecified atom stereocenters. The fourth-order valence-corrected chi connectivity index (χ4v) is 2.23. The Kier molecular flexibility index (Phi) is 6.88. The number of benzene rings is 1. The SMILES string of the molecule is CCCCCNC(=O)c1ccc(NCc2ccc(Cl)cc2)nc1. The number of halogens is 1. The lowest BCUT2D eigenvalue weighted by molar-refractivity contribution is 0.0952. The number of hydrogen-bond donors (Lipinski definition) is 2. The molecule has 0 saturated carbocycles. The zero-order valence-corrected chi connectivity index (χ0v) is 14.1. The molecule has 0 fully saturated rings. The van der Waals surface area contributed by atoms with E-state index in [-0.39, 0.29) is 5.91 Å². The van der Waals surface area contributed by atoms with Crippen molar-refractivity contribution in [1.82, 2.24) is 10.3 Å².